The summed E-state index contributed by atoms with van der Waals surface area (Å²) in [6.45, 7) is 2.78. The predicted octanol–water partition coefficient (Wildman–Crippen LogP) is 2.22. The molecule has 0 radical (unpaired) electrons. The van der Waals surface area contributed by atoms with Crippen molar-refractivity contribution in [3.05, 3.63) is 59.2 Å². The lowest BCUT2D eigenvalue weighted by Crippen LogP contribution is -2.42. The first-order valence-corrected chi connectivity index (χ1v) is 7.51. The maximum atomic E-state index is 12.3. The minimum atomic E-state index is -0.733. The molecule has 0 aliphatic carbocycles. The van der Waals surface area contributed by atoms with E-state index in [0.717, 1.165) is 17.5 Å². The Hall–Kier alpha value is -2.82. The summed E-state index contributed by atoms with van der Waals surface area (Å²) < 4.78 is 0. The van der Waals surface area contributed by atoms with Gasteiger partial charge in [0, 0.05) is 13.1 Å². The quantitative estimate of drug-likeness (QED) is 0.627. The molecule has 1 aliphatic rings. The molecule has 0 atom stereocenters. The van der Waals surface area contributed by atoms with Crippen LogP contribution in [-0.4, -0.2) is 28.4 Å². The van der Waals surface area contributed by atoms with Crippen molar-refractivity contribution in [1.29, 1.82) is 0 Å². The van der Waals surface area contributed by atoms with E-state index in [1.54, 1.807) is 12.1 Å². The van der Waals surface area contributed by atoms with Gasteiger partial charge >= 0.3 is 11.8 Å². The van der Waals surface area contributed by atoms with Crippen molar-refractivity contribution in [2.75, 3.05) is 11.9 Å². The number of hydrogen-bond acceptors (Lipinski definition) is 3. The van der Waals surface area contributed by atoms with Gasteiger partial charge in [0.1, 0.15) is 5.75 Å². The maximum absolute atomic E-state index is 12.3. The second-order valence-corrected chi connectivity index (χ2v) is 5.72. The minimum Gasteiger partial charge on any atom is -0.506 e. The third kappa shape index (κ3) is 3.18. The average molecular weight is 310 g/mol. The molecular weight excluding hydrogens is 292 g/mol. The van der Waals surface area contributed by atoms with E-state index >= 15 is 0 Å². The molecule has 2 aromatic rings. The lowest BCUT2D eigenvalue weighted by molar-refractivity contribution is -0.143. The first-order chi connectivity index (χ1) is 11.0. The summed E-state index contributed by atoms with van der Waals surface area (Å²) in [5.74, 6) is -1.36. The second kappa shape index (κ2) is 6.12. The van der Waals surface area contributed by atoms with Crippen molar-refractivity contribution in [2.45, 2.75) is 19.9 Å². The Bertz CT molecular complexity index is 771. The van der Waals surface area contributed by atoms with E-state index in [2.05, 4.69) is 5.32 Å². The van der Waals surface area contributed by atoms with Crippen LogP contribution in [0.25, 0.3) is 0 Å². The number of aromatic hydroxyl groups is 1. The van der Waals surface area contributed by atoms with Crippen LogP contribution in [-0.2, 0) is 22.6 Å². The standard InChI is InChI=1S/C18H18N2O3/c1-12-6-7-15(16(21)10-12)19-17(22)18(23)20-9-8-13-4-2-3-5-14(13)11-20/h2-7,10,21H,8-9,11H2,1H3,(H,19,22). The first kappa shape index (κ1) is 15.1. The third-order valence-corrected chi connectivity index (χ3v) is 4.01. The van der Waals surface area contributed by atoms with E-state index < -0.39 is 11.8 Å². The van der Waals surface area contributed by atoms with E-state index in [1.807, 2.05) is 31.2 Å². The molecule has 2 N–H and O–H groups in total. The van der Waals surface area contributed by atoms with Crippen molar-refractivity contribution >= 4 is 17.5 Å². The Morgan fingerprint density at radius 1 is 1.13 bits per heavy atom. The van der Waals surface area contributed by atoms with Gasteiger partial charge in [-0.3, -0.25) is 9.59 Å². The molecule has 2 aromatic carbocycles. The summed E-state index contributed by atoms with van der Waals surface area (Å²) >= 11 is 0. The fourth-order valence-electron chi connectivity index (χ4n) is 2.74. The number of amides is 2. The topological polar surface area (TPSA) is 69.6 Å². The molecule has 23 heavy (non-hydrogen) atoms. The zero-order valence-electron chi connectivity index (χ0n) is 12.9. The number of nitrogens with one attached hydrogen (secondary N) is 1. The van der Waals surface area contributed by atoms with E-state index in [9.17, 15) is 14.7 Å². The molecule has 5 heteroatoms. The highest BCUT2D eigenvalue weighted by molar-refractivity contribution is 6.39. The van der Waals surface area contributed by atoms with E-state index in [4.69, 9.17) is 0 Å². The zero-order chi connectivity index (χ0) is 16.4. The summed E-state index contributed by atoms with van der Waals surface area (Å²) in [6, 6.07) is 12.8. The average Bonchev–Trinajstić information content (AvgIpc) is 2.56. The smallest absolute Gasteiger partial charge is 0.314 e. The molecule has 0 spiro atoms. The Balaban J connectivity index is 1.70. The molecule has 5 nitrogen and oxygen atoms in total. The molecule has 118 valence electrons. The highest BCUT2D eigenvalue weighted by Gasteiger charge is 2.26. The molecule has 0 unspecified atom stereocenters. The number of nitrogens with zero attached hydrogens (tertiary/aromatic N) is 1. The van der Waals surface area contributed by atoms with Crippen LogP contribution in [0.1, 0.15) is 16.7 Å². The van der Waals surface area contributed by atoms with Crippen LogP contribution < -0.4 is 5.32 Å². The van der Waals surface area contributed by atoms with E-state index in [0.29, 0.717) is 13.1 Å². The van der Waals surface area contributed by atoms with Gasteiger partial charge in [0.15, 0.2) is 0 Å². The predicted molar refractivity (Wildman–Crippen MR) is 87.0 cm³/mol. The van der Waals surface area contributed by atoms with Crippen LogP contribution in [0.2, 0.25) is 0 Å². The minimum absolute atomic E-state index is 0.0462. The van der Waals surface area contributed by atoms with Gasteiger partial charge in [0.2, 0.25) is 0 Å². The summed E-state index contributed by atoms with van der Waals surface area (Å²) in [5.41, 5.74) is 3.40. The van der Waals surface area contributed by atoms with Crippen molar-refractivity contribution in [3.63, 3.8) is 0 Å². The first-order valence-electron chi connectivity index (χ1n) is 7.51. The van der Waals surface area contributed by atoms with Crippen molar-refractivity contribution in [1.82, 2.24) is 4.90 Å². The van der Waals surface area contributed by atoms with Crippen molar-refractivity contribution in [3.8, 4) is 5.75 Å². The summed E-state index contributed by atoms with van der Waals surface area (Å²) in [6.07, 6.45) is 0.741. The molecule has 2 amide bonds. The lowest BCUT2D eigenvalue weighted by Gasteiger charge is -2.28. The number of carbonyl (C=O) groups excluding carboxylic acids is 2. The van der Waals surface area contributed by atoms with Gasteiger partial charge in [-0.1, -0.05) is 30.3 Å². The molecule has 1 heterocycles. The summed E-state index contributed by atoms with van der Waals surface area (Å²) in [4.78, 5) is 26.0. The third-order valence-electron chi connectivity index (χ3n) is 4.01. The van der Waals surface area contributed by atoms with Gasteiger partial charge in [-0.05, 0) is 42.2 Å². The number of rotatable bonds is 1. The Morgan fingerprint density at radius 3 is 2.61 bits per heavy atom. The highest BCUT2D eigenvalue weighted by Crippen LogP contribution is 2.24. The van der Waals surface area contributed by atoms with Gasteiger partial charge in [0.25, 0.3) is 0 Å². The number of anilines is 1. The monoisotopic (exact) mass is 310 g/mol. The highest BCUT2D eigenvalue weighted by atomic mass is 16.3. The van der Waals surface area contributed by atoms with Crippen LogP contribution >= 0.6 is 0 Å². The molecule has 3 rings (SSSR count). The van der Waals surface area contributed by atoms with Crippen molar-refractivity contribution in [2.24, 2.45) is 0 Å². The van der Waals surface area contributed by atoms with Gasteiger partial charge in [-0.15, -0.1) is 0 Å². The molecule has 0 saturated carbocycles. The van der Waals surface area contributed by atoms with Crippen molar-refractivity contribution < 1.29 is 14.7 Å². The molecule has 0 bridgehead atoms. The molecular formula is C18H18N2O3. The van der Waals surface area contributed by atoms with Crippen LogP contribution in [0.3, 0.4) is 0 Å². The lowest BCUT2D eigenvalue weighted by atomic mass is 10.00. The number of carbonyl (C=O) groups is 2. The van der Waals surface area contributed by atoms with Crippen LogP contribution in [0, 0.1) is 6.92 Å². The van der Waals surface area contributed by atoms with E-state index in [1.165, 1.54) is 16.5 Å². The van der Waals surface area contributed by atoms with Gasteiger partial charge in [-0.2, -0.15) is 0 Å². The zero-order valence-corrected chi connectivity index (χ0v) is 12.9. The van der Waals surface area contributed by atoms with Crippen LogP contribution in [0.5, 0.6) is 5.75 Å². The molecule has 0 fully saturated rings. The number of hydrogen-bond donors (Lipinski definition) is 2. The summed E-state index contributed by atoms with van der Waals surface area (Å²) in [7, 11) is 0. The van der Waals surface area contributed by atoms with Gasteiger partial charge in [0.05, 0.1) is 5.69 Å². The molecule has 0 saturated heterocycles. The Labute approximate surface area is 134 Å². The Morgan fingerprint density at radius 2 is 1.87 bits per heavy atom. The molecule has 1 aliphatic heterocycles. The van der Waals surface area contributed by atoms with E-state index in [-0.39, 0.29) is 11.4 Å². The number of fused-ring (bicyclic) bond motifs is 1. The number of aryl methyl sites for hydroxylation is 1. The largest absolute Gasteiger partial charge is 0.506 e. The fourth-order valence-corrected chi connectivity index (χ4v) is 2.74. The molecule has 0 aromatic heterocycles. The maximum Gasteiger partial charge on any atom is 0.314 e. The number of phenols is 1. The SMILES string of the molecule is Cc1ccc(NC(=O)C(=O)N2CCc3ccccc3C2)c(O)c1. The van der Waals surface area contributed by atoms with Crippen LogP contribution in [0.4, 0.5) is 5.69 Å². The fraction of sp³-hybridized carbons (Fsp3) is 0.222. The summed E-state index contributed by atoms with van der Waals surface area (Å²) in [5, 5.41) is 12.3. The normalized spacial score (nSPS) is 13.3. The van der Waals surface area contributed by atoms with Gasteiger partial charge in [-0.25, -0.2) is 0 Å². The second-order valence-electron chi connectivity index (χ2n) is 5.72. The van der Waals surface area contributed by atoms with Crippen LogP contribution in [0.15, 0.2) is 42.5 Å². The number of benzene rings is 2. The number of phenolic OH excluding ortho intramolecular Hbond substituents is 1. The Kier molecular flexibility index (Phi) is 4.02. The van der Waals surface area contributed by atoms with Gasteiger partial charge < -0.3 is 15.3 Å².